The van der Waals surface area contributed by atoms with Gasteiger partial charge < -0.3 is 10.1 Å². The van der Waals surface area contributed by atoms with Gasteiger partial charge in [-0.3, -0.25) is 4.98 Å². The third-order valence-electron chi connectivity index (χ3n) is 4.37. The Morgan fingerprint density at radius 2 is 2.18 bits per heavy atom. The van der Waals surface area contributed by atoms with E-state index in [0.717, 1.165) is 17.7 Å². The maximum atomic E-state index is 5.21. The lowest BCUT2D eigenvalue weighted by Crippen LogP contribution is -2.20. The number of aromatic nitrogens is 2. The standard InChI is InChI=1S/C18H23N3O/c1-3-4-17-8-16(12-21-17)15-7-14(10-19-11-15)13-5-6-20-18(9-13)22-2/h5-7,9-11,16-17,21H,3-4,8,12H2,1-2H3. The molecule has 2 atom stereocenters. The summed E-state index contributed by atoms with van der Waals surface area (Å²) in [6.07, 6.45) is 9.38. The highest BCUT2D eigenvalue weighted by molar-refractivity contribution is 5.64. The molecule has 0 aromatic carbocycles. The van der Waals surface area contributed by atoms with Crippen molar-refractivity contribution in [3.05, 3.63) is 42.4 Å². The number of rotatable bonds is 5. The molecule has 2 aromatic rings. The summed E-state index contributed by atoms with van der Waals surface area (Å²) >= 11 is 0. The molecule has 1 aliphatic rings. The first kappa shape index (κ1) is 15.0. The molecule has 3 rings (SSSR count). The molecule has 1 saturated heterocycles. The number of methoxy groups -OCH3 is 1. The van der Waals surface area contributed by atoms with Crippen LogP contribution in [0, 0.1) is 0 Å². The van der Waals surface area contributed by atoms with Crippen LogP contribution in [0.3, 0.4) is 0 Å². The van der Waals surface area contributed by atoms with Crippen LogP contribution >= 0.6 is 0 Å². The molecule has 0 bridgehead atoms. The first-order valence-electron chi connectivity index (χ1n) is 7.99. The smallest absolute Gasteiger partial charge is 0.213 e. The lowest BCUT2D eigenvalue weighted by molar-refractivity contribution is 0.398. The lowest BCUT2D eigenvalue weighted by atomic mass is 9.94. The Balaban J connectivity index is 1.81. The van der Waals surface area contributed by atoms with Gasteiger partial charge in [0, 0.05) is 42.8 Å². The van der Waals surface area contributed by atoms with Crippen LogP contribution in [0.4, 0.5) is 0 Å². The zero-order chi connectivity index (χ0) is 15.4. The first-order valence-corrected chi connectivity index (χ1v) is 7.99. The average Bonchev–Trinajstić information content (AvgIpc) is 3.04. The Labute approximate surface area is 132 Å². The molecule has 0 spiro atoms. The Bertz CT molecular complexity index is 629. The molecule has 1 N–H and O–H groups in total. The van der Waals surface area contributed by atoms with Crippen molar-refractivity contribution in [1.82, 2.24) is 15.3 Å². The van der Waals surface area contributed by atoms with Gasteiger partial charge in [0.25, 0.3) is 0 Å². The van der Waals surface area contributed by atoms with Crippen LogP contribution in [0.5, 0.6) is 5.88 Å². The minimum atomic E-state index is 0.563. The van der Waals surface area contributed by atoms with Crippen molar-refractivity contribution < 1.29 is 4.74 Å². The van der Waals surface area contributed by atoms with Crippen LogP contribution in [-0.4, -0.2) is 29.7 Å². The van der Waals surface area contributed by atoms with Gasteiger partial charge in [-0.25, -0.2) is 4.98 Å². The molecule has 0 saturated carbocycles. The van der Waals surface area contributed by atoms with E-state index in [2.05, 4.69) is 28.3 Å². The molecule has 0 aliphatic carbocycles. The summed E-state index contributed by atoms with van der Waals surface area (Å²) in [6.45, 7) is 3.30. The molecular formula is C18H23N3O. The van der Waals surface area contributed by atoms with Gasteiger partial charge in [0.1, 0.15) is 0 Å². The summed E-state index contributed by atoms with van der Waals surface area (Å²) in [5, 5.41) is 3.63. The molecule has 0 radical (unpaired) electrons. The van der Waals surface area contributed by atoms with E-state index < -0.39 is 0 Å². The van der Waals surface area contributed by atoms with Crippen LogP contribution in [0.15, 0.2) is 36.8 Å². The second kappa shape index (κ2) is 6.88. The van der Waals surface area contributed by atoms with Crippen molar-refractivity contribution in [1.29, 1.82) is 0 Å². The minimum absolute atomic E-state index is 0.563. The number of nitrogens with one attached hydrogen (secondary N) is 1. The number of pyridine rings is 2. The van der Waals surface area contributed by atoms with Crippen LogP contribution in [0.2, 0.25) is 0 Å². The molecule has 2 unspecified atom stereocenters. The second-order valence-corrected chi connectivity index (χ2v) is 5.92. The van der Waals surface area contributed by atoms with E-state index in [9.17, 15) is 0 Å². The molecule has 2 aromatic heterocycles. The van der Waals surface area contributed by atoms with Crippen LogP contribution in [0.25, 0.3) is 11.1 Å². The third-order valence-corrected chi connectivity index (χ3v) is 4.37. The molecule has 116 valence electrons. The van der Waals surface area contributed by atoms with E-state index in [4.69, 9.17) is 4.74 Å². The van der Waals surface area contributed by atoms with Crippen molar-refractivity contribution in [2.45, 2.75) is 38.1 Å². The minimum Gasteiger partial charge on any atom is -0.481 e. The summed E-state index contributed by atoms with van der Waals surface area (Å²) in [4.78, 5) is 8.60. The highest BCUT2D eigenvalue weighted by atomic mass is 16.5. The molecule has 4 heteroatoms. The summed E-state index contributed by atoms with van der Waals surface area (Å²) in [5.74, 6) is 1.20. The molecule has 0 amide bonds. The molecule has 1 fully saturated rings. The van der Waals surface area contributed by atoms with Crippen molar-refractivity contribution in [3.8, 4) is 17.0 Å². The zero-order valence-corrected chi connectivity index (χ0v) is 13.2. The normalized spacial score (nSPS) is 21.0. The van der Waals surface area contributed by atoms with E-state index in [1.807, 2.05) is 24.5 Å². The fourth-order valence-corrected chi connectivity index (χ4v) is 3.18. The Morgan fingerprint density at radius 1 is 1.27 bits per heavy atom. The lowest BCUT2D eigenvalue weighted by Gasteiger charge is -2.11. The Morgan fingerprint density at radius 3 is 3.00 bits per heavy atom. The maximum absolute atomic E-state index is 5.21. The molecule has 22 heavy (non-hydrogen) atoms. The van der Waals surface area contributed by atoms with Gasteiger partial charge in [-0.2, -0.15) is 0 Å². The Kier molecular flexibility index (Phi) is 4.68. The van der Waals surface area contributed by atoms with E-state index in [-0.39, 0.29) is 0 Å². The highest BCUT2D eigenvalue weighted by Crippen LogP contribution is 2.30. The summed E-state index contributed by atoms with van der Waals surface area (Å²) < 4.78 is 5.21. The first-order chi connectivity index (χ1) is 10.8. The zero-order valence-electron chi connectivity index (χ0n) is 13.2. The van der Waals surface area contributed by atoms with Crippen LogP contribution in [0.1, 0.15) is 37.7 Å². The van der Waals surface area contributed by atoms with Crippen LogP contribution < -0.4 is 10.1 Å². The van der Waals surface area contributed by atoms with E-state index in [1.165, 1.54) is 24.8 Å². The van der Waals surface area contributed by atoms with Gasteiger partial charge in [0.2, 0.25) is 5.88 Å². The quantitative estimate of drug-likeness (QED) is 0.919. The maximum Gasteiger partial charge on any atom is 0.213 e. The van der Waals surface area contributed by atoms with E-state index >= 15 is 0 Å². The Hall–Kier alpha value is -1.94. The van der Waals surface area contributed by atoms with E-state index in [1.54, 1.807) is 13.3 Å². The molecule has 3 heterocycles. The van der Waals surface area contributed by atoms with Crippen molar-refractivity contribution in [2.75, 3.05) is 13.7 Å². The fourth-order valence-electron chi connectivity index (χ4n) is 3.18. The monoisotopic (exact) mass is 297 g/mol. The molecular weight excluding hydrogens is 274 g/mol. The largest absolute Gasteiger partial charge is 0.481 e. The summed E-state index contributed by atoms with van der Waals surface area (Å²) in [6, 6.07) is 6.85. The van der Waals surface area contributed by atoms with Gasteiger partial charge in [0.05, 0.1) is 7.11 Å². The predicted molar refractivity (Wildman–Crippen MR) is 88.1 cm³/mol. The average molecular weight is 297 g/mol. The third kappa shape index (κ3) is 3.28. The van der Waals surface area contributed by atoms with Gasteiger partial charge in [-0.05, 0) is 42.0 Å². The van der Waals surface area contributed by atoms with Crippen molar-refractivity contribution in [2.24, 2.45) is 0 Å². The highest BCUT2D eigenvalue weighted by Gasteiger charge is 2.24. The van der Waals surface area contributed by atoms with Crippen molar-refractivity contribution >= 4 is 0 Å². The number of hydrogen-bond acceptors (Lipinski definition) is 4. The fraction of sp³-hybridized carbons (Fsp3) is 0.444. The number of nitrogens with zero attached hydrogens (tertiary/aromatic N) is 2. The van der Waals surface area contributed by atoms with Crippen LogP contribution in [-0.2, 0) is 0 Å². The van der Waals surface area contributed by atoms with E-state index in [0.29, 0.717) is 17.8 Å². The van der Waals surface area contributed by atoms with Gasteiger partial charge in [0.15, 0.2) is 0 Å². The predicted octanol–water partition coefficient (Wildman–Crippen LogP) is 3.40. The SMILES string of the molecule is CCCC1CC(c2cncc(-c3ccnc(OC)c3)c2)CN1. The molecule has 1 aliphatic heterocycles. The summed E-state index contributed by atoms with van der Waals surface area (Å²) in [5.41, 5.74) is 3.54. The van der Waals surface area contributed by atoms with Gasteiger partial charge in [-0.15, -0.1) is 0 Å². The number of ether oxygens (including phenoxy) is 1. The van der Waals surface area contributed by atoms with Crippen molar-refractivity contribution in [3.63, 3.8) is 0 Å². The van der Waals surface area contributed by atoms with Gasteiger partial charge >= 0.3 is 0 Å². The summed E-state index contributed by atoms with van der Waals surface area (Å²) in [7, 11) is 1.64. The van der Waals surface area contributed by atoms with Gasteiger partial charge in [-0.1, -0.05) is 13.3 Å². The second-order valence-electron chi connectivity index (χ2n) is 5.92. The topological polar surface area (TPSA) is 47.0 Å². The molecule has 4 nitrogen and oxygen atoms in total. The number of hydrogen-bond donors (Lipinski definition) is 1.